The third-order valence-corrected chi connectivity index (χ3v) is 2.91. The van der Waals surface area contributed by atoms with E-state index in [1.54, 1.807) is 25.8 Å². The van der Waals surface area contributed by atoms with E-state index in [0.717, 1.165) is 12.1 Å². The molecule has 0 saturated heterocycles. The summed E-state index contributed by atoms with van der Waals surface area (Å²) in [6.45, 7) is 4.02. The van der Waals surface area contributed by atoms with Crippen molar-refractivity contribution in [3.05, 3.63) is 17.7 Å². The summed E-state index contributed by atoms with van der Waals surface area (Å²) in [6.07, 6.45) is -4.22. The first-order valence-electron chi connectivity index (χ1n) is 6.22. The number of anilines is 2. The van der Waals surface area contributed by atoms with Crippen molar-refractivity contribution in [1.82, 2.24) is 4.98 Å². The number of alkyl halides is 3. The van der Waals surface area contributed by atoms with Gasteiger partial charge in [-0.15, -0.1) is 0 Å². The maximum absolute atomic E-state index is 12.9. The molecule has 0 bridgehead atoms. The van der Waals surface area contributed by atoms with Gasteiger partial charge < -0.3 is 10.2 Å². The van der Waals surface area contributed by atoms with Crippen molar-refractivity contribution < 1.29 is 13.2 Å². The Balaban J connectivity index is 3.18. The van der Waals surface area contributed by atoms with Crippen LogP contribution in [0.25, 0.3) is 0 Å². The molecule has 0 aliphatic rings. The van der Waals surface area contributed by atoms with E-state index in [0.29, 0.717) is 6.54 Å². The number of hydrogen-bond donors (Lipinski definition) is 1. The van der Waals surface area contributed by atoms with E-state index in [1.807, 2.05) is 6.07 Å². The first-order chi connectivity index (χ1) is 9.29. The first-order valence-corrected chi connectivity index (χ1v) is 6.22. The fourth-order valence-corrected chi connectivity index (χ4v) is 1.63. The fourth-order valence-electron chi connectivity index (χ4n) is 1.63. The molecule has 7 heteroatoms. The molecule has 4 nitrogen and oxygen atoms in total. The van der Waals surface area contributed by atoms with Crippen LogP contribution in [0.5, 0.6) is 0 Å². The molecule has 0 spiro atoms. The van der Waals surface area contributed by atoms with Crippen molar-refractivity contribution >= 4 is 11.6 Å². The molecule has 0 aliphatic heterocycles. The van der Waals surface area contributed by atoms with E-state index in [9.17, 15) is 13.2 Å². The number of hydrogen-bond acceptors (Lipinski definition) is 4. The SMILES string of the molecule is CCNc1cc(C(F)(F)F)cc(N(C)C(C)CC#N)n1. The molecular weight excluding hydrogens is 269 g/mol. The van der Waals surface area contributed by atoms with Gasteiger partial charge in [-0.05, 0) is 26.0 Å². The minimum absolute atomic E-state index is 0.174. The van der Waals surface area contributed by atoms with E-state index in [-0.39, 0.29) is 24.1 Å². The van der Waals surface area contributed by atoms with E-state index in [2.05, 4.69) is 10.3 Å². The third kappa shape index (κ3) is 4.02. The van der Waals surface area contributed by atoms with E-state index in [1.165, 1.54) is 0 Å². The normalized spacial score (nSPS) is 12.7. The van der Waals surface area contributed by atoms with Crippen molar-refractivity contribution in [2.75, 3.05) is 23.8 Å². The van der Waals surface area contributed by atoms with E-state index < -0.39 is 11.7 Å². The molecule has 20 heavy (non-hydrogen) atoms. The van der Waals surface area contributed by atoms with E-state index >= 15 is 0 Å². The average Bonchev–Trinajstić information content (AvgIpc) is 2.37. The summed E-state index contributed by atoms with van der Waals surface area (Å²) >= 11 is 0. The summed E-state index contributed by atoms with van der Waals surface area (Å²) in [7, 11) is 1.63. The Labute approximate surface area is 116 Å². The van der Waals surface area contributed by atoms with E-state index in [4.69, 9.17) is 5.26 Å². The van der Waals surface area contributed by atoms with Gasteiger partial charge in [-0.25, -0.2) is 4.98 Å². The Morgan fingerprint density at radius 3 is 2.60 bits per heavy atom. The maximum Gasteiger partial charge on any atom is 0.416 e. The molecule has 1 unspecified atom stereocenters. The number of nitrogens with one attached hydrogen (secondary N) is 1. The maximum atomic E-state index is 12.9. The van der Waals surface area contributed by atoms with Crippen LogP contribution in [0, 0.1) is 11.3 Å². The van der Waals surface area contributed by atoms with Gasteiger partial charge in [0.25, 0.3) is 0 Å². The molecule has 0 fully saturated rings. The monoisotopic (exact) mass is 286 g/mol. The zero-order valence-electron chi connectivity index (χ0n) is 11.6. The molecule has 1 N–H and O–H groups in total. The van der Waals surface area contributed by atoms with Crippen LogP contribution in [0.2, 0.25) is 0 Å². The zero-order chi connectivity index (χ0) is 15.3. The molecule has 0 aromatic carbocycles. The lowest BCUT2D eigenvalue weighted by Gasteiger charge is -2.25. The van der Waals surface area contributed by atoms with Crippen LogP contribution in [-0.2, 0) is 6.18 Å². The summed E-state index contributed by atoms with van der Waals surface area (Å²) in [5, 5.41) is 11.4. The van der Waals surface area contributed by atoms with Crippen molar-refractivity contribution in [3.63, 3.8) is 0 Å². The standard InChI is InChI=1S/C13H17F3N4/c1-4-18-11-7-10(13(14,15)16)8-12(19-11)20(3)9(2)5-6-17/h7-9H,4-5H2,1-3H3,(H,18,19). The van der Waals surface area contributed by atoms with Gasteiger partial charge in [-0.1, -0.05) is 0 Å². The van der Waals surface area contributed by atoms with Crippen LogP contribution in [0.1, 0.15) is 25.8 Å². The Kier molecular flexibility index (Phi) is 5.19. The van der Waals surface area contributed by atoms with Gasteiger partial charge in [0.1, 0.15) is 11.6 Å². The molecule has 1 rings (SSSR count). The zero-order valence-corrected chi connectivity index (χ0v) is 11.6. The second-order valence-electron chi connectivity index (χ2n) is 4.45. The highest BCUT2D eigenvalue weighted by Gasteiger charge is 2.32. The molecule has 0 saturated carbocycles. The molecule has 1 aromatic rings. The molecule has 110 valence electrons. The van der Waals surface area contributed by atoms with Crippen molar-refractivity contribution in [2.45, 2.75) is 32.5 Å². The smallest absolute Gasteiger partial charge is 0.370 e. The number of nitriles is 1. The van der Waals surface area contributed by atoms with Gasteiger partial charge in [0.05, 0.1) is 18.1 Å². The number of pyridine rings is 1. The van der Waals surface area contributed by atoms with Gasteiger partial charge >= 0.3 is 6.18 Å². The van der Waals surface area contributed by atoms with Gasteiger partial charge in [0.15, 0.2) is 0 Å². The fraction of sp³-hybridized carbons (Fsp3) is 0.538. The average molecular weight is 286 g/mol. The molecule has 0 aliphatic carbocycles. The van der Waals surface area contributed by atoms with Crippen LogP contribution in [0.4, 0.5) is 24.8 Å². The Morgan fingerprint density at radius 1 is 1.45 bits per heavy atom. The quantitative estimate of drug-likeness (QED) is 0.902. The minimum atomic E-state index is -4.43. The lowest BCUT2D eigenvalue weighted by molar-refractivity contribution is -0.137. The second kappa shape index (κ2) is 6.46. The largest absolute Gasteiger partial charge is 0.416 e. The number of nitrogens with zero attached hydrogens (tertiary/aromatic N) is 3. The first kappa shape index (κ1) is 16.1. The Hall–Kier alpha value is -1.97. The molecular formula is C13H17F3N4. The molecule has 0 radical (unpaired) electrons. The predicted molar refractivity (Wildman–Crippen MR) is 71.5 cm³/mol. The summed E-state index contributed by atoms with van der Waals surface area (Å²) < 4.78 is 38.6. The highest BCUT2D eigenvalue weighted by atomic mass is 19.4. The topological polar surface area (TPSA) is 52.0 Å². The van der Waals surface area contributed by atoms with Gasteiger partial charge in [-0.3, -0.25) is 0 Å². The van der Waals surface area contributed by atoms with Crippen molar-refractivity contribution in [1.29, 1.82) is 5.26 Å². The lowest BCUT2D eigenvalue weighted by Crippen LogP contribution is -2.29. The molecule has 1 aromatic heterocycles. The molecule has 0 amide bonds. The summed E-state index contributed by atoms with van der Waals surface area (Å²) in [6, 6.07) is 3.75. The van der Waals surface area contributed by atoms with Crippen LogP contribution in [0.3, 0.4) is 0 Å². The number of halogens is 3. The van der Waals surface area contributed by atoms with Crippen molar-refractivity contribution in [3.8, 4) is 6.07 Å². The molecule has 1 atom stereocenters. The Bertz CT molecular complexity index is 493. The summed E-state index contributed by atoms with van der Waals surface area (Å²) in [4.78, 5) is 5.71. The number of aromatic nitrogens is 1. The molecule has 1 heterocycles. The predicted octanol–water partition coefficient (Wildman–Crippen LogP) is 3.27. The summed E-state index contributed by atoms with van der Waals surface area (Å²) in [5.41, 5.74) is -0.755. The van der Waals surface area contributed by atoms with Crippen LogP contribution >= 0.6 is 0 Å². The Morgan fingerprint density at radius 2 is 2.10 bits per heavy atom. The van der Waals surface area contributed by atoms with Crippen molar-refractivity contribution in [2.24, 2.45) is 0 Å². The summed E-state index contributed by atoms with van der Waals surface area (Å²) in [5.74, 6) is 0.367. The van der Waals surface area contributed by atoms with Crippen LogP contribution in [0.15, 0.2) is 12.1 Å². The van der Waals surface area contributed by atoms with Gasteiger partial charge in [-0.2, -0.15) is 18.4 Å². The van der Waals surface area contributed by atoms with Gasteiger partial charge in [0.2, 0.25) is 0 Å². The van der Waals surface area contributed by atoms with Crippen LogP contribution in [-0.4, -0.2) is 24.6 Å². The number of rotatable bonds is 5. The lowest BCUT2D eigenvalue weighted by atomic mass is 10.2. The third-order valence-electron chi connectivity index (χ3n) is 2.91. The van der Waals surface area contributed by atoms with Crippen LogP contribution < -0.4 is 10.2 Å². The minimum Gasteiger partial charge on any atom is -0.370 e. The second-order valence-corrected chi connectivity index (χ2v) is 4.45. The highest BCUT2D eigenvalue weighted by molar-refractivity contribution is 5.51. The highest BCUT2D eigenvalue weighted by Crippen LogP contribution is 2.33. The van der Waals surface area contributed by atoms with Gasteiger partial charge in [0, 0.05) is 19.6 Å².